The third-order valence-electron chi connectivity index (χ3n) is 4.96. The quantitative estimate of drug-likeness (QED) is 0.591. The minimum Gasteiger partial charge on any atom is -0.326 e. The Morgan fingerprint density at radius 2 is 1.71 bits per heavy atom. The van der Waals surface area contributed by atoms with Crippen molar-refractivity contribution in [1.29, 1.82) is 0 Å². The van der Waals surface area contributed by atoms with Crippen molar-refractivity contribution in [3.8, 4) is 0 Å². The Balaban J connectivity index is 1.58. The molecule has 0 aliphatic heterocycles. The van der Waals surface area contributed by atoms with Gasteiger partial charge in [0.05, 0.1) is 5.71 Å². The van der Waals surface area contributed by atoms with E-state index < -0.39 is 11.7 Å². The Morgan fingerprint density at radius 1 is 1.00 bits per heavy atom. The molecule has 0 bridgehead atoms. The number of hydrazone groups is 1. The van der Waals surface area contributed by atoms with Crippen LogP contribution in [0.3, 0.4) is 0 Å². The zero-order chi connectivity index (χ0) is 19.9. The van der Waals surface area contributed by atoms with Crippen LogP contribution in [-0.2, 0) is 4.79 Å². The van der Waals surface area contributed by atoms with Gasteiger partial charge in [-0.1, -0.05) is 37.5 Å². The summed E-state index contributed by atoms with van der Waals surface area (Å²) < 4.78 is 13.2. The molecule has 2 aromatic rings. The molecule has 0 atom stereocenters. The fourth-order valence-corrected chi connectivity index (χ4v) is 3.30. The number of hydrogen-bond donors (Lipinski definition) is 2. The van der Waals surface area contributed by atoms with Crippen LogP contribution in [0.1, 0.15) is 54.9 Å². The molecule has 0 aromatic heterocycles. The Morgan fingerprint density at radius 3 is 2.39 bits per heavy atom. The first-order valence-corrected chi connectivity index (χ1v) is 9.54. The minimum atomic E-state index is -0.477. The van der Waals surface area contributed by atoms with E-state index in [0.29, 0.717) is 5.71 Å². The fourth-order valence-electron chi connectivity index (χ4n) is 3.30. The zero-order valence-corrected chi connectivity index (χ0v) is 15.9. The summed E-state index contributed by atoms with van der Waals surface area (Å²) in [7, 11) is 0. The second-order valence-corrected chi connectivity index (χ2v) is 7.05. The topological polar surface area (TPSA) is 70.6 Å². The first kappa shape index (κ1) is 19.7. The molecule has 2 amide bonds. The van der Waals surface area contributed by atoms with Crippen molar-refractivity contribution in [3.63, 3.8) is 0 Å². The standard InChI is InChI=1S/C22H24FN3O2/c1-15(25-26-22(28)18-8-5-9-19(23)14-18)16-10-12-20(13-11-16)24-21(27)17-6-3-2-4-7-17/h5,8-14,17H,2-4,6-7H2,1H3,(H,24,27)(H,26,28)/b25-15+. The number of rotatable bonds is 5. The van der Waals surface area contributed by atoms with Gasteiger partial charge in [0.25, 0.3) is 5.91 Å². The summed E-state index contributed by atoms with van der Waals surface area (Å²) >= 11 is 0. The lowest BCUT2D eigenvalue weighted by atomic mass is 9.88. The van der Waals surface area contributed by atoms with E-state index in [0.717, 1.165) is 43.0 Å². The third kappa shape index (κ3) is 5.25. The fraction of sp³-hybridized carbons (Fsp3) is 0.318. The van der Waals surface area contributed by atoms with Crippen LogP contribution in [0, 0.1) is 11.7 Å². The van der Waals surface area contributed by atoms with E-state index in [-0.39, 0.29) is 17.4 Å². The van der Waals surface area contributed by atoms with Gasteiger partial charge < -0.3 is 5.32 Å². The molecule has 0 saturated heterocycles. The lowest BCUT2D eigenvalue weighted by molar-refractivity contribution is -0.120. The average Bonchev–Trinajstić information content (AvgIpc) is 2.73. The number of nitrogens with zero attached hydrogens (tertiary/aromatic N) is 1. The van der Waals surface area contributed by atoms with Gasteiger partial charge in [0.1, 0.15) is 5.82 Å². The molecule has 1 fully saturated rings. The highest BCUT2D eigenvalue weighted by Gasteiger charge is 2.20. The second-order valence-electron chi connectivity index (χ2n) is 7.05. The van der Waals surface area contributed by atoms with Crippen molar-refractivity contribution < 1.29 is 14.0 Å². The van der Waals surface area contributed by atoms with Gasteiger partial charge in [-0.25, -0.2) is 9.82 Å². The monoisotopic (exact) mass is 381 g/mol. The summed E-state index contributed by atoms with van der Waals surface area (Å²) in [5, 5.41) is 7.04. The van der Waals surface area contributed by atoms with Crippen molar-refractivity contribution in [1.82, 2.24) is 5.43 Å². The van der Waals surface area contributed by atoms with Crippen LogP contribution in [0.25, 0.3) is 0 Å². The van der Waals surface area contributed by atoms with Crippen LogP contribution in [0.2, 0.25) is 0 Å². The molecule has 5 nitrogen and oxygen atoms in total. The first-order valence-electron chi connectivity index (χ1n) is 9.54. The Hall–Kier alpha value is -3.02. The molecule has 0 unspecified atom stereocenters. The van der Waals surface area contributed by atoms with Gasteiger partial charge in [0.15, 0.2) is 0 Å². The second kappa shape index (κ2) is 9.26. The van der Waals surface area contributed by atoms with Gasteiger partial charge in [-0.05, 0) is 55.7 Å². The average molecular weight is 381 g/mol. The Bertz CT molecular complexity index is 872. The number of amides is 2. The molecule has 0 heterocycles. The summed E-state index contributed by atoms with van der Waals surface area (Å²) in [6.07, 6.45) is 5.37. The molecule has 0 radical (unpaired) electrons. The third-order valence-corrected chi connectivity index (χ3v) is 4.96. The highest BCUT2D eigenvalue weighted by atomic mass is 19.1. The SMILES string of the molecule is C/C(=N\NC(=O)c1cccc(F)c1)c1ccc(NC(=O)C2CCCCC2)cc1. The lowest BCUT2D eigenvalue weighted by Crippen LogP contribution is -2.24. The summed E-state index contributed by atoms with van der Waals surface area (Å²) in [6.45, 7) is 1.77. The molecule has 1 aliphatic rings. The Kier molecular flexibility index (Phi) is 6.53. The van der Waals surface area contributed by atoms with E-state index in [2.05, 4.69) is 15.8 Å². The molecular weight excluding hydrogens is 357 g/mol. The van der Waals surface area contributed by atoms with Gasteiger partial charge in [-0.3, -0.25) is 9.59 Å². The molecule has 1 aliphatic carbocycles. The number of hydrogen-bond acceptors (Lipinski definition) is 3. The van der Waals surface area contributed by atoms with Gasteiger partial charge >= 0.3 is 0 Å². The summed E-state index contributed by atoms with van der Waals surface area (Å²) in [4.78, 5) is 24.3. The number of carbonyl (C=O) groups is 2. The van der Waals surface area contributed by atoms with E-state index in [9.17, 15) is 14.0 Å². The molecule has 0 spiro atoms. The minimum absolute atomic E-state index is 0.0835. The molecule has 2 N–H and O–H groups in total. The van der Waals surface area contributed by atoms with Gasteiger partial charge in [0, 0.05) is 17.2 Å². The zero-order valence-electron chi connectivity index (χ0n) is 15.9. The maximum Gasteiger partial charge on any atom is 0.271 e. The van der Waals surface area contributed by atoms with Crippen LogP contribution in [0.5, 0.6) is 0 Å². The van der Waals surface area contributed by atoms with Gasteiger partial charge in [0.2, 0.25) is 5.91 Å². The summed E-state index contributed by atoms with van der Waals surface area (Å²) in [5.41, 5.74) is 4.80. The highest BCUT2D eigenvalue weighted by molar-refractivity contribution is 6.01. The van der Waals surface area contributed by atoms with E-state index in [1.54, 1.807) is 6.92 Å². The largest absolute Gasteiger partial charge is 0.326 e. The van der Waals surface area contributed by atoms with E-state index in [4.69, 9.17) is 0 Å². The molecule has 3 rings (SSSR count). The first-order chi connectivity index (χ1) is 13.5. The predicted octanol–water partition coefficient (Wildman–Crippen LogP) is 4.50. The Labute approximate surface area is 164 Å². The van der Waals surface area contributed by atoms with Gasteiger partial charge in [-0.15, -0.1) is 0 Å². The van der Waals surface area contributed by atoms with Crippen LogP contribution >= 0.6 is 0 Å². The molecule has 28 heavy (non-hydrogen) atoms. The van der Waals surface area contributed by atoms with Crippen molar-refractivity contribution in [3.05, 3.63) is 65.5 Å². The predicted molar refractivity (Wildman–Crippen MR) is 108 cm³/mol. The van der Waals surface area contributed by atoms with E-state index >= 15 is 0 Å². The molecule has 146 valence electrons. The number of benzene rings is 2. The molecule has 6 heteroatoms. The highest BCUT2D eigenvalue weighted by Crippen LogP contribution is 2.25. The maximum absolute atomic E-state index is 13.2. The van der Waals surface area contributed by atoms with Crippen LogP contribution in [0.4, 0.5) is 10.1 Å². The lowest BCUT2D eigenvalue weighted by Gasteiger charge is -2.20. The number of nitrogens with one attached hydrogen (secondary N) is 2. The van der Waals surface area contributed by atoms with Crippen LogP contribution in [0.15, 0.2) is 53.6 Å². The normalized spacial score (nSPS) is 15.1. The van der Waals surface area contributed by atoms with Gasteiger partial charge in [-0.2, -0.15) is 5.10 Å². The van der Waals surface area contributed by atoms with E-state index in [1.165, 1.54) is 24.6 Å². The van der Waals surface area contributed by atoms with Crippen molar-refractivity contribution in [2.45, 2.75) is 39.0 Å². The smallest absolute Gasteiger partial charge is 0.271 e. The number of carbonyl (C=O) groups excluding carboxylic acids is 2. The molecular formula is C22H24FN3O2. The summed E-state index contributed by atoms with van der Waals surface area (Å²) in [5.74, 6) is -0.760. The van der Waals surface area contributed by atoms with Crippen molar-refractivity contribution in [2.24, 2.45) is 11.0 Å². The van der Waals surface area contributed by atoms with Crippen LogP contribution < -0.4 is 10.7 Å². The van der Waals surface area contributed by atoms with Crippen LogP contribution in [-0.4, -0.2) is 17.5 Å². The number of anilines is 1. The van der Waals surface area contributed by atoms with Crippen molar-refractivity contribution in [2.75, 3.05) is 5.32 Å². The van der Waals surface area contributed by atoms with E-state index in [1.807, 2.05) is 24.3 Å². The molecule has 2 aromatic carbocycles. The molecule has 1 saturated carbocycles. The van der Waals surface area contributed by atoms with Crippen molar-refractivity contribution >= 4 is 23.2 Å². The number of halogens is 1. The summed E-state index contributed by atoms with van der Waals surface area (Å²) in [6, 6.07) is 12.7. The maximum atomic E-state index is 13.2.